The fourth-order valence-electron chi connectivity index (χ4n) is 2.98. The number of carbonyl (C=O) groups is 1. The molecule has 0 radical (unpaired) electrons. The van der Waals surface area contributed by atoms with E-state index in [4.69, 9.17) is 23.2 Å². The van der Waals surface area contributed by atoms with E-state index in [0.717, 1.165) is 30.6 Å². The second-order valence-electron chi connectivity index (χ2n) is 6.43. The number of rotatable bonds is 4. The minimum Gasteiger partial charge on any atom is -0.321 e. The largest absolute Gasteiger partial charge is 0.321 e. The molecule has 0 unspecified atom stereocenters. The van der Waals surface area contributed by atoms with Crippen LogP contribution in [0.15, 0.2) is 28.5 Å². The minimum absolute atomic E-state index is 0.241. The van der Waals surface area contributed by atoms with Crippen molar-refractivity contribution in [2.75, 3.05) is 18.4 Å². The second kappa shape index (κ2) is 8.49. The highest BCUT2D eigenvalue weighted by atomic mass is 35.5. The molecule has 2 heterocycles. The van der Waals surface area contributed by atoms with Crippen LogP contribution in [0.5, 0.6) is 0 Å². The summed E-state index contributed by atoms with van der Waals surface area (Å²) in [5, 5.41) is 3.44. The Labute approximate surface area is 173 Å². The van der Waals surface area contributed by atoms with Crippen LogP contribution >= 0.6 is 34.5 Å². The molecule has 0 spiro atoms. The summed E-state index contributed by atoms with van der Waals surface area (Å²) in [6, 6.07) is 6.14. The number of halogens is 2. The van der Waals surface area contributed by atoms with E-state index in [1.54, 1.807) is 17.3 Å². The molecule has 0 bridgehead atoms. The van der Waals surface area contributed by atoms with Crippen molar-refractivity contribution in [3.05, 3.63) is 44.8 Å². The predicted molar refractivity (Wildman–Crippen MR) is 111 cm³/mol. The number of nitrogens with one attached hydrogen (secondary N) is 1. The van der Waals surface area contributed by atoms with Crippen LogP contribution in [0.2, 0.25) is 10.0 Å². The van der Waals surface area contributed by atoms with Gasteiger partial charge in [0.25, 0.3) is 15.9 Å². The third-order valence-electron chi connectivity index (χ3n) is 4.48. The van der Waals surface area contributed by atoms with Gasteiger partial charge in [-0.3, -0.25) is 4.79 Å². The smallest absolute Gasteiger partial charge is 0.257 e. The fraction of sp³-hybridized carbons (Fsp3) is 0.389. The van der Waals surface area contributed by atoms with Crippen LogP contribution in [-0.4, -0.2) is 31.7 Å². The SMILES string of the molecule is Cc1sc(S(=O)(=O)N2CCCCCC2)cc1NC(=O)c1ccc(Cl)cc1Cl. The summed E-state index contributed by atoms with van der Waals surface area (Å²) in [7, 11) is -3.54. The van der Waals surface area contributed by atoms with Gasteiger partial charge in [-0.1, -0.05) is 36.0 Å². The Bertz CT molecular complexity index is 950. The standard InChI is InChI=1S/C18H20Cl2N2O3S2/c1-12-16(21-18(23)14-7-6-13(19)10-15(14)20)11-17(26-12)27(24,25)22-8-4-2-3-5-9-22/h6-7,10-11H,2-5,8-9H2,1H3,(H,21,23). The molecule has 1 aliphatic heterocycles. The van der Waals surface area contributed by atoms with E-state index in [2.05, 4.69) is 5.32 Å². The number of thiophene rings is 1. The van der Waals surface area contributed by atoms with Gasteiger partial charge in [-0.2, -0.15) is 4.31 Å². The molecule has 5 nitrogen and oxygen atoms in total. The van der Waals surface area contributed by atoms with Gasteiger partial charge in [-0.25, -0.2) is 8.42 Å². The van der Waals surface area contributed by atoms with Gasteiger partial charge in [0.2, 0.25) is 0 Å². The van der Waals surface area contributed by atoms with Crippen molar-refractivity contribution in [2.45, 2.75) is 36.8 Å². The number of carbonyl (C=O) groups excluding carboxylic acids is 1. The number of benzene rings is 1. The Kier molecular flexibility index (Phi) is 6.48. The summed E-state index contributed by atoms with van der Waals surface area (Å²) in [5.41, 5.74) is 0.757. The summed E-state index contributed by atoms with van der Waals surface area (Å²) in [4.78, 5) is 13.2. The maximum absolute atomic E-state index is 12.9. The first kappa shape index (κ1) is 20.6. The van der Waals surface area contributed by atoms with Gasteiger partial charge in [0.05, 0.1) is 16.3 Å². The molecular formula is C18H20Cl2N2O3S2. The summed E-state index contributed by atoms with van der Waals surface area (Å²) < 4.78 is 27.7. The van der Waals surface area contributed by atoms with Crippen LogP contribution in [0.3, 0.4) is 0 Å². The Morgan fingerprint density at radius 1 is 1.11 bits per heavy atom. The predicted octanol–water partition coefficient (Wildman–Crippen LogP) is 5.18. The maximum atomic E-state index is 12.9. The van der Waals surface area contributed by atoms with Crippen molar-refractivity contribution in [3.8, 4) is 0 Å². The van der Waals surface area contributed by atoms with Gasteiger partial charge in [-0.15, -0.1) is 11.3 Å². The average molecular weight is 447 g/mol. The van der Waals surface area contributed by atoms with E-state index < -0.39 is 15.9 Å². The number of hydrogen-bond acceptors (Lipinski definition) is 4. The quantitative estimate of drug-likeness (QED) is 0.702. The first-order chi connectivity index (χ1) is 12.8. The van der Waals surface area contributed by atoms with Gasteiger partial charge < -0.3 is 5.32 Å². The maximum Gasteiger partial charge on any atom is 0.257 e. The number of hydrogen-bond donors (Lipinski definition) is 1. The second-order valence-corrected chi connectivity index (χ2v) is 10.7. The van der Waals surface area contributed by atoms with E-state index >= 15 is 0 Å². The molecule has 0 saturated carbocycles. The van der Waals surface area contributed by atoms with Crippen molar-refractivity contribution < 1.29 is 13.2 Å². The van der Waals surface area contributed by atoms with E-state index in [1.165, 1.54) is 29.5 Å². The third-order valence-corrected chi connectivity index (χ3v) is 8.42. The highest BCUT2D eigenvalue weighted by Crippen LogP contribution is 2.33. The zero-order valence-corrected chi connectivity index (χ0v) is 17.9. The molecule has 9 heteroatoms. The number of anilines is 1. The van der Waals surface area contributed by atoms with Crippen LogP contribution in [-0.2, 0) is 10.0 Å². The zero-order chi connectivity index (χ0) is 19.6. The lowest BCUT2D eigenvalue weighted by atomic mass is 10.2. The molecule has 1 N–H and O–H groups in total. The number of aryl methyl sites for hydroxylation is 1. The summed E-state index contributed by atoms with van der Waals surface area (Å²) in [6.07, 6.45) is 3.86. The summed E-state index contributed by atoms with van der Waals surface area (Å²) in [6.45, 7) is 2.87. The number of nitrogens with zero attached hydrogens (tertiary/aromatic N) is 1. The molecule has 1 amide bonds. The number of sulfonamides is 1. The van der Waals surface area contributed by atoms with E-state index in [-0.39, 0.29) is 14.8 Å². The molecule has 1 aliphatic rings. The molecule has 3 rings (SSSR count). The lowest BCUT2D eigenvalue weighted by molar-refractivity contribution is 0.102. The van der Waals surface area contributed by atoms with Gasteiger partial charge >= 0.3 is 0 Å². The Morgan fingerprint density at radius 2 is 1.78 bits per heavy atom. The summed E-state index contributed by atoms with van der Waals surface area (Å²) in [5.74, 6) is -0.406. The van der Waals surface area contributed by atoms with Crippen LogP contribution in [0, 0.1) is 6.92 Å². The van der Waals surface area contributed by atoms with Crippen LogP contribution in [0.4, 0.5) is 5.69 Å². The van der Waals surface area contributed by atoms with E-state index in [0.29, 0.717) is 23.8 Å². The van der Waals surface area contributed by atoms with Crippen LogP contribution in [0.25, 0.3) is 0 Å². The summed E-state index contributed by atoms with van der Waals surface area (Å²) >= 11 is 13.1. The molecular weight excluding hydrogens is 427 g/mol. The zero-order valence-electron chi connectivity index (χ0n) is 14.8. The first-order valence-corrected chi connectivity index (χ1v) is 11.7. The highest BCUT2D eigenvalue weighted by molar-refractivity contribution is 7.91. The van der Waals surface area contributed by atoms with Gasteiger partial charge in [0, 0.05) is 23.0 Å². The molecule has 1 fully saturated rings. The monoisotopic (exact) mass is 446 g/mol. The molecule has 1 aromatic heterocycles. The number of amides is 1. The molecule has 27 heavy (non-hydrogen) atoms. The fourth-order valence-corrected chi connectivity index (χ4v) is 6.54. The molecule has 0 atom stereocenters. The van der Waals surface area contributed by atoms with Crippen molar-refractivity contribution >= 4 is 56.2 Å². The molecule has 2 aromatic rings. The topological polar surface area (TPSA) is 66.5 Å². The van der Waals surface area contributed by atoms with Crippen molar-refractivity contribution in [3.63, 3.8) is 0 Å². The van der Waals surface area contributed by atoms with E-state index in [9.17, 15) is 13.2 Å². The minimum atomic E-state index is -3.54. The van der Waals surface area contributed by atoms with Crippen LogP contribution in [0.1, 0.15) is 40.9 Å². The molecule has 0 aliphatic carbocycles. The third kappa shape index (κ3) is 4.66. The van der Waals surface area contributed by atoms with Gasteiger partial charge in [0.1, 0.15) is 4.21 Å². The normalized spacial score (nSPS) is 16.1. The molecule has 146 valence electrons. The Morgan fingerprint density at radius 3 is 2.41 bits per heavy atom. The highest BCUT2D eigenvalue weighted by Gasteiger charge is 2.28. The van der Waals surface area contributed by atoms with E-state index in [1.807, 2.05) is 0 Å². The lowest BCUT2D eigenvalue weighted by Gasteiger charge is -2.18. The van der Waals surface area contributed by atoms with Crippen LogP contribution < -0.4 is 5.32 Å². The first-order valence-electron chi connectivity index (χ1n) is 8.66. The average Bonchev–Trinajstić information content (AvgIpc) is 2.82. The molecule has 1 aromatic carbocycles. The lowest BCUT2D eigenvalue weighted by Crippen LogP contribution is -2.31. The van der Waals surface area contributed by atoms with Crippen molar-refractivity contribution in [2.24, 2.45) is 0 Å². The van der Waals surface area contributed by atoms with Crippen molar-refractivity contribution in [1.82, 2.24) is 4.31 Å². The Balaban J connectivity index is 1.82. The van der Waals surface area contributed by atoms with Gasteiger partial charge in [0.15, 0.2) is 0 Å². The van der Waals surface area contributed by atoms with Crippen molar-refractivity contribution in [1.29, 1.82) is 0 Å². The Hall–Kier alpha value is -1.12. The molecule has 1 saturated heterocycles. The van der Waals surface area contributed by atoms with Gasteiger partial charge in [-0.05, 0) is 44.0 Å².